The molecule has 0 bridgehead atoms. The molecule has 0 aromatic carbocycles. The summed E-state index contributed by atoms with van der Waals surface area (Å²) in [6.07, 6.45) is 1.96. The highest BCUT2D eigenvalue weighted by Gasteiger charge is 2.27. The van der Waals surface area contributed by atoms with Crippen LogP contribution in [0.2, 0.25) is 0 Å². The first-order valence-electron chi connectivity index (χ1n) is 8.39. The van der Waals surface area contributed by atoms with E-state index in [0.29, 0.717) is 19.6 Å². The quantitative estimate of drug-likeness (QED) is 0.274. The lowest BCUT2D eigenvalue weighted by atomic mass is 9.97. The molecular weight excluding hydrogens is 423 g/mol. The minimum atomic E-state index is -0.0968. The summed E-state index contributed by atoms with van der Waals surface area (Å²) >= 11 is 0. The molecule has 1 aliphatic rings. The average Bonchev–Trinajstić information content (AvgIpc) is 2.51. The van der Waals surface area contributed by atoms with Gasteiger partial charge in [-0.2, -0.15) is 0 Å². The second-order valence-corrected chi connectivity index (χ2v) is 5.96. The Balaban J connectivity index is 0.00000529. The van der Waals surface area contributed by atoms with Crippen LogP contribution in [-0.2, 0) is 14.3 Å². The van der Waals surface area contributed by atoms with Crippen molar-refractivity contribution in [2.75, 3.05) is 33.3 Å². The van der Waals surface area contributed by atoms with Crippen LogP contribution < -0.4 is 10.6 Å². The fourth-order valence-corrected chi connectivity index (χ4v) is 2.60. The second kappa shape index (κ2) is 12.3. The van der Waals surface area contributed by atoms with Gasteiger partial charge in [-0.15, -0.1) is 24.0 Å². The number of carbonyl (C=O) groups excluding carboxylic acids is 2. The number of halogens is 1. The minimum Gasteiger partial charge on any atom is -0.466 e. The van der Waals surface area contributed by atoms with E-state index in [1.165, 1.54) is 0 Å². The third-order valence-corrected chi connectivity index (χ3v) is 3.71. The number of esters is 1. The van der Waals surface area contributed by atoms with Gasteiger partial charge in [0.25, 0.3) is 0 Å². The molecule has 0 radical (unpaired) electrons. The second-order valence-electron chi connectivity index (χ2n) is 5.96. The monoisotopic (exact) mass is 454 g/mol. The van der Waals surface area contributed by atoms with Crippen LogP contribution in [0.5, 0.6) is 0 Å². The normalized spacial score (nSPS) is 15.7. The average molecular weight is 454 g/mol. The Bertz CT molecular complexity index is 422. The molecule has 0 unspecified atom stereocenters. The number of nitrogens with one attached hydrogen (secondary N) is 2. The molecule has 1 amide bonds. The van der Waals surface area contributed by atoms with Crippen LogP contribution in [0.4, 0.5) is 0 Å². The van der Waals surface area contributed by atoms with Gasteiger partial charge in [0.15, 0.2) is 5.96 Å². The van der Waals surface area contributed by atoms with Crippen molar-refractivity contribution in [2.45, 2.75) is 46.1 Å². The minimum absolute atomic E-state index is 0. The van der Waals surface area contributed by atoms with Crippen LogP contribution in [0.25, 0.3) is 0 Å². The largest absolute Gasteiger partial charge is 0.466 e. The molecule has 0 saturated carbocycles. The van der Waals surface area contributed by atoms with Crippen LogP contribution in [-0.4, -0.2) is 62.1 Å². The van der Waals surface area contributed by atoms with Crippen LogP contribution in [0.15, 0.2) is 4.99 Å². The third kappa shape index (κ3) is 8.16. The van der Waals surface area contributed by atoms with E-state index in [2.05, 4.69) is 20.5 Å². The van der Waals surface area contributed by atoms with E-state index in [1.807, 2.05) is 20.8 Å². The van der Waals surface area contributed by atoms with Gasteiger partial charge in [-0.05, 0) is 33.6 Å². The van der Waals surface area contributed by atoms with Gasteiger partial charge in [-0.1, -0.05) is 0 Å². The molecule has 8 heteroatoms. The maximum atomic E-state index is 11.7. The van der Waals surface area contributed by atoms with Crippen LogP contribution in [0, 0.1) is 5.92 Å². The van der Waals surface area contributed by atoms with Crippen molar-refractivity contribution in [3.63, 3.8) is 0 Å². The molecule has 1 aliphatic heterocycles. The SMILES string of the molecule is CCOC(=O)C1CCN(C(=NC)NCCC(=O)NC(C)C)CC1.I. The predicted octanol–water partition coefficient (Wildman–Crippen LogP) is 1.37. The zero-order chi connectivity index (χ0) is 17.2. The highest BCUT2D eigenvalue weighted by molar-refractivity contribution is 14.0. The Kier molecular flexibility index (Phi) is 11.8. The lowest BCUT2D eigenvalue weighted by molar-refractivity contribution is -0.149. The molecular formula is C16H31IN4O3. The third-order valence-electron chi connectivity index (χ3n) is 3.71. The molecule has 1 fully saturated rings. The summed E-state index contributed by atoms with van der Waals surface area (Å²) in [7, 11) is 1.73. The van der Waals surface area contributed by atoms with Crippen molar-refractivity contribution in [3.8, 4) is 0 Å². The van der Waals surface area contributed by atoms with E-state index in [0.717, 1.165) is 31.9 Å². The molecule has 2 N–H and O–H groups in total. The lowest BCUT2D eigenvalue weighted by Crippen LogP contribution is -2.47. The summed E-state index contributed by atoms with van der Waals surface area (Å²) < 4.78 is 5.08. The van der Waals surface area contributed by atoms with E-state index in [4.69, 9.17) is 4.74 Å². The molecule has 0 aliphatic carbocycles. The van der Waals surface area contributed by atoms with Gasteiger partial charge in [0.2, 0.25) is 5.91 Å². The highest BCUT2D eigenvalue weighted by atomic mass is 127. The van der Waals surface area contributed by atoms with Crippen molar-refractivity contribution in [1.29, 1.82) is 0 Å². The fraction of sp³-hybridized carbons (Fsp3) is 0.812. The summed E-state index contributed by atoms with van der Waals surface area (Å²) in [5.74, 6) is 0.704. The first-order chi connectivity index (χ1) is 11.0. The van der Waals surface area contributed by atoms with Crippen LogP contribution in [0.3, 0.4) is 0 Å². The Hall–Kier alpha value is -1.06. The van der Waals surface area contributed by atoms with Crippen LogP contribution >= 0.6 is 24.0 Å². The first-order valence-corrected chi connectivity index (χ1v) is 8.39. The maximum absolute atomic E-state index is 11.7. The van der Waals surface area contributed by atoms with Crippen molar-refractivity contribution in [1.82, 2.24) is 15.5 Å². The summed E-state index contributed by atoms with van der Waals surface area (Å²) in [6, 6.07) is 0.156. The number of aliphatic imine (C=N–C) groups is 1. The van der Waals surface area contributed by atoms with Gasteiger partial charge in [-0.25, -0.2) is 0 Å². The van der Waals surface area contributed by atoms with Crippen molar-refractivity contribution < 1.29 is 14.3 Å². The molecule has 1 heterocycles. The number of rotatable bonds is 6. The summed E-state index contributed by atoms with van der Waals surface area (Å²) in [5, 5.41) is 6.07. The number of hydrogen-bond donors (Lipinski definition) is 2. The van der Waals surface area contributed by atoms with Crippen molar-refractivity contribution >= 4 is 41.8 Å². The Labute approximate surface area is 162 Å². The van der Waals surface area contributed by atoms with Gasteiger partial charge in [0, 0.05) is 39.1 Å². The smallest absolute Gasteiger partial charge is 0.309 e. The maximum Gasteiger partial charge on any atom is 0.309 e. The zero-order valence-electron chi connectivity index (χ0n) is 15.1. The Morgan fingerprint density at radius 3 is 2.42 bits per heavy atom. The fourth-order valence-electron chi connectivity index (χ4n) is 2.60. The number of nitrogens with zero attached hydrogens (tertiary/aromatic N) is 2. The first kappa shape index (κ1) is 22.9. The summed E-state index contributed by atoms with van der Waals surface area (Å²) in [4.78, 5) is 29.8. The summed E-state index contributed by atoms with van der Waals surface area (Å²) in [5.41, 5.74) is 0. The summed E-state index contributed by atoms with van der Waals surface area (Å²) in [6.45, 7) is 8.22. The molecule has 140 valence electrons. The Morgan fingerprint density at radius 2 is 1.92 bits per heavy atom. The number of hydrogen-bond acceptors (Lipinski definition) is 4. The molecule has 24 heavy (non-hydrogen) atoms. The number of ether oxygens (including phenoxy) is 1. The molecule has 0 aromatic rings. The molecule has 7 nitrogen and oxygen atoms in total. The van der Waals surface area contributed by atoms with E-state index in [1.54, 1.807) is 7.05 Å². The molecule has 0 spiro atoms. The molecule has 0 atom stereocenters. The number of piperidine rings is 1. The van der Waals surface area contributed by atoms with E-state index >= 15 is 0 Å². The molecule has 1 rings (SSSR count). The standard InChI is InChI=1S/C16H30N4O3.HI/c1-5-23-15(22)13-7-10-20(11-8-13)16(17-4)18-9-6-14(21)19-12(2)3;/h12-13H,5-11H2,1-4H3,(H,17,18)(H,19,21);1H. The van der Waals surface area contributed by atoms with Gasteiger partial charge in [0.05, 0.1) is 12.5 Å². The van der Waals surface area contributed by atoms with Gasteiger partial charge in [0.1, 0.15) is 0 Å². The lowest BCUT2D eigenvalue weighted by Gasteiger charge is -2.33. The number of amides is 1. The van der Waals surface area contributed by atoms with Gasteiger partial charge in [-0.3, -0.25) is 14.6 Å². The zero-order valence-corrected chi connectivity index (χ0v) is 17.5. The predicted molar refractivity (Wildman–Crippen MR) is 106 cm³/mol. The van der Waals surface area contributed by atoms with E-state index in [9.17, 15) is 9.59 Å². The van der Waals surface area contributed by atoms with Crippen molar-refractivity contribution in [3.05, 3.63) is 0 Å². The number of likely N-dealkylation sites (tertiary alicyclic amines) is 1. The molecule has 1 saturated heterocycles. The number of carbonyl (C=O) groups is 2. The number of guanidine groups is 1. The molecule has 0 aromatic heterocycles. The Morgan fingerprint density at radius 1 is 1.29 bits per heavy atom. The van der Waals surface area contributed by atoms with E-state index in [-0.39, 0.29) is 47.8 Å². The van der Waals surface area contributed by atoms with E-state index < -0.39 is 0 Å². The topological polar surface area (TPSA) is 83.0 Å². The van der Waals surface area contributed by atoms with Gasteiger partial charge < -0.3 is 20.3 Å². The van der Waals surface area contributed by atoms with Crippen LogP contribution in [0.1, 0.15) is 40.0 Å². The van der Waals surface area contributed by atoms with Gasteiger partial charge >= 0.3 is 5.97 Å². The van der Waals surface area contributed by atoms with Crippen molar-refractivity contribution in [2.24, 2.45) is 10.9 Å². The highest BCUT2D eigenvalue weighted by Crippen LogP contribution is 2.18.